The molecule has 0 fully saturated rings. The summed E-state index contributed by atoms with van der Waals surface area (Å²) in [5, 5.41) is 8.84. The summed E-state index contributed by atoms with van der Waals surface area (Å²) in [4.78, 5) is 11.3. The van der Waals surface area contributed by atoms with E-state index in [-0.39, 0.29) is 5.56 Å². The van der Waals surface area contributed by atoms with Crippen molar-refractivity contribution in [3.63, 3.8) is 0 Å². The number of amides is 1. The monoisotopic (exact) mass is 265 g/mol. The molecule has 1 amide bonds. The van der Waals surface area contributed by atoms with Crippen molar-refractivity contribution in [3.8, 4) is 5.75 Å². The van der Waals surface area contributed by atoms with Crippen LogP contribution >= 0.6 is 0 Å². The van der Waals surface area contributed by atoms with E-state index < -0.39 is 19.0 Å². The van der Waals surface area contributed by atoms with Crippen LogP contribution in [0.5, 0.6) is 5.75 Å². The predicted octanol–water partition coefficient (Wildman–Crippen LogP) is 1.81. The van der Waals surface area contributed by atoms with Crippen LogP contribution in [0, 0.1) is 0 Å². The second-order valence-electron chi connectivity index (χ2n) is 3.92. The minimum absolute atomic E-state index is 0.290. The Labute approximate surface area is 112 Å². The summed E-state index contributed by atoms with van der Waals surface area (Å²) < 4.78 is 10.7. The highest BCUT2D eigenvalue weighted by Crippen LogP contribution is 2.20. The third-order valence-corrected chi connectivity index (χ3v) is 2.52. The molecule has 104 valence electrons. The lowest BCUT2D eigenvalue weighted by Crippen LogP contribution is -2.23. The molecule has 0 aliphatic heterocycles. The van der Waals surface area contributed by atoms with E-state index in [1.54, 1.807) is 30.3 Å². The average molecular weight is 265 g/mol. The Kier molecular flexibility index (Phi) is 6.63. The number of hydrogen-bond donors (Lipinski definition) is 2. The maximum absolute atomic E-state index is 11.3. The highest BCUT2D eigenvalue weighted by atomic mass is 16.7. The predicted molar refractivity (Wildman–Crippen MR) is 71.6 cm³/mol. The number of benzene rings is 1. The molecule has 0 spiro atoms. The number of aliphatic hydroxyl groups is 1. The third kappa shape index (κ3) is 5.11. The summed E-state index contributed by atoms with van der Waals surface area (Å²) in [7, 11) is 0. The molecule has 3 N–H and O–H groups in total. The minimum Gasteiger partial charge on any atom is -0.464 e. The summed E-state index contributed by atoms with van der Waals surface area (Å²) in [5.41, 5.74) is 5.55. The van der Waals surface area contributed by atoms with E-state index in [9.17, 15) is 4.79 Å². The normalized spacial score (nSPS) is 11.8. The average Bonchev–Trinajstić information content (AvgIpc) is 2.39. The van der Waals surface area contributed by atoms with Gasteiger partial charge in [-0.2, -0.15) is 0 Å². The molecule has 0 aliphatic carbocycles. The van der Waals surface area contributed by atoms with Gasteiger partial charge in [0.25, 0.3) is 5.91 Å². The molecular weight excluding hydrogens is 246 g/mol. The van der Waals surface area contributed by atoms with Gasteiger partial charge in [-0.3, -0.25) is 4.79 Å². The molecule has 19 heavy (non-hydrogen) atoms. The van der Waals surface area contributed by atoms with Gasteiger partial charge in [0.2, 0.25) is 6.29 Å². The number of rotatable bonds is 9. The standard InChI is InChI=1S/C14H19NO4/c1-2-3-4-9-13(18-10-16)19-12-8-6-5-7-11(12)14(15)17/h2,5-8,13,16H,1,3-4,9-10H2,(H2,15,17). The van der Waals surface area contributed by atoms with E-state index in [1.807, 2.05) is 0 Å². The van der Waals surface area contributed by atoms with E-state index in [0.29, 0.717) is 12.2 Å². The molecule has 1 atom stereocenters. The number of hydrogen-bond acceptors (Lipinski definition) is 4. The van der Waals surface area contributed by atoms with Gasteiger partial charge in [-0.1, -0.05) is 18.2 Å². The maximum atomic E-state index is 11.3. The van der Waals surface area contributed by atoms with Crippen molar-refractivity contribution >= 4 is 5.91 Å². The topological polar surface area (TPSA) is 81.8 Å². The Hall–Kier alpha value is -1.85. The molecule has 5 nitrogen and oxygen atoms in total. The molecule has 0 aliphatic rings. The highest BCUT2D eigenvalue weighted by Gasteiger charge is 2.14. The first-order valence-corrected chi connectivity index (χ1v) is 6.08. The number of carbonyl (C=O) groups excluding carboxylic acids is 1. The van der Waals surface area contributed by atoms with Crippen LogP contribution in [0.1, 0.15) is 29.6 Å². The van der Waals surface area contributed by atoms with Crippen LogP contribution in [0.15, 0.2) is 36.9 Å². The van der Waals surface area contributed by atoms with Gasteiger partial charge in [-0.15, -0.1) is 6.58 Å². The molecule has 0 bridgehead atoms. The Balaban J connectivity index is 2.72. The smallest absolute Gasteiger partial charge is 0.252 e. The second kappa shape index (κ2) is 8.29. The van der Waals surface area contributed by atoms with Crippen LogP contribution in [0.2, 0.25) is 0 Å². The van der Waals surface area contributed by atoms with Crippen LogP contribution < -0.4 is 10.5 Å². The molecule has 0 heterocycles. The number of carbonyl (C=O) groups is 1. The van der Waals surface area contributed by atoms with Crippen molar-refractivity contribution in [1.29, 1.82) is 0 Å². The second-order valence-corrected chi connectivity index (χ2v) is 3.92. The van der Waals surface area contributed by atoms with Crippen molar-refractivity contribution in [3.05, 3.63) is 42.5 Å². The number of unbranched alkanes of at least 4 members (excludes halogenated alkanes) is 1. The number of para-hydroxylation sites is 1. The fourth-order valence-corrected chi connectivity index (χ4v) is 1.60. The van der Waals surface area contributed by atoms with Gasteiger partial charge in [0, 0.05) is 6.42 Å². The molecule has 1 aromatic carbocycles. The van der Waals surface area contributed by atoms with Crippen molar-refractivity contribution in [1.82, 2.24) is 0 Å². The highest BCUT2D eigenvalue weighted by molar-refractivity contribution is 5.95. The first kappa shape index (κ1) is 15.2. The maximum Gasteiger partial charge on any atom is 0.252 e. The molecule has 0 saturated carbocycles. The molecule has 0 aromatic heterocycles. The number of primary amides is 1. The zero-order valence-corrected chi connectivity index (χ0v) is 10.7. The van der Waals surface area contributed by atoms with E-state index in [1.165, 1.54) is 0 Å². The molecule has 5 heteroatoms. The van der Waals surface area contributed by atoms with Gasteiger partial charge in [0.1, 0.15) is 12.5 Å². The van der Waals surface area contributed by atoms with Crippen molar-refractivity contribution in [2.75, 3.05) is 6.79 Å². The van der Waals surface area contributed by atoms with E-state index in [0.717, 1.165) is 12.8 Å². The van der Waals surface area contributed by atoms with E-state index in [4.69, 9.17) is 20.3 Å². The van der Waals surface area contributed by atoms with Crippen molar-refractivity contribution in [2.45, 2.75) is 25.6 Å². The zero-order valence-electron chi connectivity index (χ0n) is 10.7. The lowest BCUT2D eigenvalue weighted by molar-refractivity contribution is -0.139. The number of ether oxygens (including phenoxy) is 2. The van der Waals surface area contributed by atoms with Gasteiger partial charge in [0.15, 0.2) is 0 Å². The van der Waals surface area contributed by atoms with Gasteiger partial charge in [-0.25, -0.2) is 0 Å². The zero-order chi connectivity index (χ0) is 14.1. The molecule has 0 saturated heterocycles. The van der Waals surface area contributed by atoms with E-state index in [2.05, 4.69) is 6.58 Å². The lowest BCUT2D eigenvalue weighted by Gasteiger charge is -2.19. The lowest BCUT2D eigenvalue weighted by atomic mass is 10.2. The third-order valence-electron chi connectivity index (χ3n) is 2.52. The summed E-state index contributed by atoms with van der Waals surface area (Å²) in [5.74, 6) is -0.212. The Morgan fingerprint density at radius 1 is 1.47 bits per heavy atom. The van der Waals surface area contributed by atoms with Gasteiger partial charge < -0.3 is 20.3 Å². The molecule has 1 rings (SSSR count). The number of nitrogens with two attached hydrogens (primary N) is 1. The first-order valence-electron chi connectivity index (χ1n) is 6.08. The molecular formula is C14H19NO4. The molecule has 1 unspecified atom stereocenters. The largest absolute Gasteiger partial charge is 0.464 e. The fraction of sp³-hybridized carbons (Fsp3) is 0.357. The summed E-state index contributed by atoms with van der Waals surface area (Å²) >= 11 is 0. The Morgan fingerprint density at radius 2 is 2.21 bits per heavy atom. The molecule has 1 aromatic rings. The Bertz CT molecular complexity index is 420. The van der Waals surface area contributed by atoms with Crippen LogP contribution in [0.3, 0.4) is 0 Å². The van der Waals surface area contributed by atoms with Crippen LogP contribution in [-0.4, -0.2) is 24.1 Å². The number of aliphatic hydroxyl groups excluding tert-OH is 1. The van der Waals surface area contributed by atoms with Crippen LogP contribution in [0.25, 0.3) is 0 Å². The fourth-order valence-electron chi connectivity index (χ4n) is 1.60. The summed E-state index contributed by atoms with van der Waals surface area (Å²) in [6.45, 7) is 3.19. The number of allylic oxidation sites excluding steroid dienone is 1. The van der Waals surface area contributed by atoms with Crippen LogP contribution in [-0.2, 0) is 4.74 Å². The van der Waals surface area contributed by atoms with Gasteiger partial charge >= 0.3 is 0 Å². The van der Waals surface area contributed by atoms with Crippen molar-refractivity contribution in [2.24, 2.45) is 5.73 Å². The minimum atomic E-state index is -0.620. The van der Waals surface area contributed by atoms with Crippen molar-refractivity contribution < 1.29 is 19.4 Å². The van der Waals surface area contributed by atoms with Gasteiger partial charge in [-0.05, 0) is 25.0 Å². The summed E-state index contributed by atoms with van der Waals surface area (Å²) in [6.07, 6.45) is 3.40. The SMILES string of the molecule is C=CCCCC(OCO)Oc1ccccc1C(N)=O. The summed E-state index contributed by atoms with van der Waals surface area (Å²) in [6, 6.07) is 6.66. The van der Waals surface area contributed by atoms with Gasteiger partial charge in [0.05, 0.1) is 5.56 Å². The quantitative estimate of drug-likeness (QED) is 0.405. The first-order chi connectivity index (χ1) is 9.19. The molecule has 0 radical (unpaired) electrons. The van der Waals surface area contributed by atoms with E-state index >= 15 is 0 Å². The Morgan fingerprint density at radius 3 is 2.84 bits per heavy atom. The van der Waals surface area contributed by atoms with Crippen LogP contribution in [0.4, 0.5) is 0 Å².